The topological polar surface area (TPSA) is 47.3 Å². The molecule has 1 heterocycles. The first-order chi connectivity index (χ1) is 9.38. The van der Waals surface area contributed by atoms with Gasteiger partial charge in [-0.3, -0.25) is 0 Å². The zero-order valence-electron chi connectivity index (χ0n) is 13.1. The van der Waals surface area contributed by atoms with E-state index >= 15 is 0 Å². The summed E-state index contributed by atoms with van der Waals surface area (Å²) in [5.41, 5.74) is -0.987. The van der Waals surface area contributed by atoms with Crippen LogP contribution in [0.2, 0.25) is 18.1 Å². The smallest absolute Gasteiger partial charge is 0.415 e. The van der Waals surface area contributed by atoms with Gasteiger partial charge in [0.15, 0.2) is 14.0 Å². The summed E-state index contributed by atoms with van der Waals surface area (Å²) in [4.78, 5) is 3.41. The van der Waals surface area contributed by atoms with Crippen LogP contribution in [0, 0.1) is 0 Å². The van der Waals surface area contributed by atoms with Crippen LogP contribution in [0.1, 0.15) is 32.3 Å². The highest BCUT2D eigenvalue weighted by molar-refractivity contribution is 6.74. The monoisotopic (exact) mass is 324 g/mol. The number of aliphatic hydroxyl groups is 1. The zero-order valence-corrected chi connectivity index (χ0v) is 14.1. The minimum absolute atomic E-state index is 0.00107. The van der Waals surface area contributed by atoms with Crippen molar-refractivity contribution in [1.29, 1.82) is 0 Å². The van der Waals surface area contributed by atoms with Gasteiger partial charge in [0.25, 0.3) is 0 Å². The van der Waals surface area contributed by atoms with Gasteiger partial charge in [-0.1, -0.05) is 20.8 Å². The third-order valence-corrected chi connectivity index (χ3v) is 8.43. The lowest BCUT2D eigenvalue weighted by molar-refractivity contribution is -0.141. The number of nitrogens with zero attached hydrogens (tertiary/aromatic N) is 2. The van der Waals surface area contributed by atoms with E-state index in [0.717, 1.165) is 6.20 Å². The van der Waals surface area contributed by atoms with Crippen LogP contribution >= 0.6 is 0 Å². The number of aliphatic hydroxyl groups excluding tert-OH is 1. The lowest BCUT2D eigenvalue weighted by Gasteiger charge is -2.36. The summed E-state index contributed by atoms with van der Waals surface area (Å²) < 4.78 is 45.0. The number of aromatic nitrogens is 2. The van der Waals surface area contributed by atoms with Crippen LogP contribution in [-0.4, -0.2) is 29.6 Å². The van der Waals surface area contributed by atoms with E-state index in [4.69, 9.17) is 9.53 Å². The van der Waals surface area contributed by atoms with Crippen LogP contribution < -0.4 is 0 Å². The Kier molecular flexibility index (Phi) is 5.28. The average Bonchev–Trinajstić information content (AvgIpc) is 2.70. The summed E-state index contributed by atoms with van der Waals surface area (Å²) in [5.74, 6) is 0.00107. The predicted octanol–water partition coefficient (Wildman–Crippen LogP) is 3.42. The fourth-order valence-electron chi connectivity index (χ4n) is 1.53. The van der Waals surface area contributed by atoms with Gasteiger partial charge >= 0.3 is 6.18 Å². The van der Waals surface area contributed by atoms with E-state index in [9.17, 15) is 13.2 Å². The first-order valence-electron chi connectivity index (χ1n) is 6.76. The Bertz CT molecular complexity index is 479. The molecule has 122 valence electrons. The Morgan fingerprint density at radius 2 is 1.86 bits per heavy atom. The van der Waals surface area contributed by atoms with Crippen LogP contribution in [0.15, 0.2) is 6.20 Å². The van der Waals surface area contributed by atoms with E-state index in [2.05, 4.69) is 38.8 Å². The maximum Gasteiger partial charge on any atom is 0.434 e. The number of alkyl halides is 3. The molecule has 1 rings (SSSR count). The number of hydrogen-bond acceptors (Lipinski definition) is 3. The van der Waals surface area contributed by atoms with E-state index in [1.165, 1.54) is 4.57 Å². The summed E-state index contributed by atoms with van der Waals surface area (Å²) >= 11 is 0. The lowest BCUT2D eigenvalue weighted by Crippen LogP contribution is -2.41. The van der Waals surface area contributed by atoms with Crippen LogP contribution in [-0.2, 0) is 23.8 Å². The lowest BCUT2D eigenvalue weighted by atomic mass is 10.2. The van der Waals surface area contributed by atoms with Crippen molar-refractivity contribution < 1.29 is 22.7 Å². The Labute approximate surface area is 124 Å². The van der Waals surface area contributed by atoms with Crippen molar-refractivity contribution in [1.82, 2.24) is 9.55 Å². The normalized spacial score (nSPS) is 13.8. The van der Waals surface area contributed by atoms with Crippen molar-refractivity contribution in [2.45, 2.75) is 58.2 Å². The second-order valence-electron chi connectivity index (χ2n) is 6.50. The van der Waals surface area contributed by atoms with E-state index < -0.39 is 26.8 Å². The van der Waals surface area contributed by atoms with Crippen molar-refractivity contribution in [2.24, 2.45) is 0 Å². The highest BCUT2D eigenvalue weighted by atomic mass is 28.4. The van der Waals surface area contributed by atoms with Gasteiger partial charge in [0.1, 0.15) is 12.4 Å². The molecule has 0 aliphatic rings. The molecule has 0 fully saturated rings. The van der Waals surface area contributed by atoms with E-state index in [1.54, 1.807) is 0 Å². The molecule has 0 aliphatic carbocycles. The Morgan fingerprint density at radius 3 is 2.29 bits per heavy atom. The van der Waals surface area contributed by atoms with Gasteiger partial charge in [-0.25, -0.2) is 4.98 Å². The number of rotatable bonds is 5. The van der Waals surface area contributed by atoms with Crippen LogP contribution in [0.25, 0.3) is 0 Å². The summed E-state index contributed by atoms with van der Waals surface area (Å²) in [5, 5.41) is 9.14. The molecule has 1 N–H and O–H groups in total. The first kappa shape index (κ1) is 18.2. The van der Waals surface area contributed by atoms with Crippen molar-refractivity contribution >= 4 is 8.32 Å². The maximum absolute atomic E-state index is 12.6. The molecule has 21 heavy (non-hydrogen) atoms. The molecule has 0 bridgehead atoms. The number of halogens is 3. The fourth-order valence-corrected chi connectivity index (χ4v) is 2.56. The molecule has 0 radical (unpaired) electrons. The minimum atomic E-state index is -4.50. The number of hydrogen-bond donors (Lipinski definition) is 1. The van der Waals surface area contributed by atoms with Gasteiger partial charge in [0.2, 0.25) is 0 Å². The largest absolute Gasteiger partial charge is 0.434 e. The molecule has 0 unspecified atom stereocenters. The molecule has 1 aromatic heterocycles. The standard InChI is InChI=1S/C13H23F3N2O2Si/c1-12(2,3)21(4,5)20-7-6-18-8-10(13(14,15)16)17-11(18)9-19/h8,19H,6-7,9H2,1-5H3. The molecule has 0 atom stereocenters. The molecule has 4 nitrogen and oxygen atoms in total. The quantitative estimate of drug-likeness (QED) is 0.844. The van der Waals surface area contributed by atoms with Gasteiger partial charge in [-0.05, 0) is 18.1 Å². The van der Waals surface area contributed by atoms with Crippen molar-refractivity contribution in [2.75, 3.05) is 6.61 Å². The highest BCUT2D eigenvalue weighted by Gasteiger charge is 2.37. The highest BCUT2D eigenvalue weighted by Crippen LogP contribution is 2.36. The van der Waals surface area contributed by atoms with Crippen LogP contribution in [0.3, 0.4) is 0 Å². The van der Waals surface area contributed by atoms with Crippen LogP contribution in [0.5, 0.6) is 0 Å². The van der Waals surface area contributed by atoms with E-state index in [1.807, 2.05) is 0 Å². The minimum Gasteiger partial charge on any atom is -0.415 e. The van der Waals surface area contributed by atoms with Gasteiger partial charge < -0.3 is 14.1 Å². The summed E-state index contributed by atoms with van der Waals surface area (Å²) in [6.07, 6.45) is -3.59. The predicted molar refractivity (Wildman–Crippen MR) is 76.3 cm³/mol. The molecule has 0 aromatic carbocycles. The molecule has 0 saturated heterocycles. The van der Waals surface area contributed by atoms with Crippen molar-refractivity contribution in [3.63, 3.8) is 0 Å². The fraction of sp³-hybridized carbons (Fsp3) is 0.769. The van der Waals surface area contributed by atoms with E-state index in [0.29, 0.717) is 6.61 Å². The van der Waals surface area contributed by atoms with Crippen molar-refractivity contribution in [3.8, 4) is 0 Å². The summed E-state index contributed by atoms with van der Waals surface area (Å²) in [6.45, 7) is 10.5. The van der Waals surface area contributed by atoms with Gasteiger partial charge in [0.05, 0.1) is 6.61 Å². The number of imidazole rings is 1. The molecular weight excluding hydrogens is 301 g/mol. The molecule has 0 saturated carbocycles. The second-order valence-corrected chi connectivity index (χ2v) is 11.3. The Hall–Kier alpha value is -0.863. The van der Waals surface area contributed by atoms with Crippen LogP contribution in [0.4, 0.5) is 13.2 Å². The molecule has 0 spiro atoms. The molecule has 8 heteroatoms. The molecule has 1 aromatic rings. The van der Waals surface area contributed by atoms with Gasteiger partial charge in [-0.2, -0.15) is 13.2 Å². The average molecular weight is 324 g/mol. The molecular formula is C13H23F3N2O2Si. The summed E-state index contributed by atoms with van der Waals surface area (Å²) in [6, 6.07) is 0. The van der Waals surface area contributed by atoms with Gasteiger partial charge in [0, 0.05) is 12.7 Å². The summed E-state index contributed by atoms with van der Waals surface area (Å²) in [7, 11) is -1.93. The Morgan fingerprint density at radius 1 is 1.29 bits per heavy atom. The third-order valence-electron chi connectivity index (χ3n) is 3.89. The van der Waals surface area contributed by atoms with Crippen molar-refractivity contribution in [3.05, 3.63) is 17.7 Å². The zero-order chi connectivity index (χ0) is 16.5. The molecule has 0 aliphatic heterocycles. The SMILES string of the molecule is CC(C)(C)[Si](C)(C)OCCn1cc(C(F)(F)F)nc1CO. The van der Waals surface area contributed by atoms with Gasteiger partial charge in [-0.15, -0.1) is 0 Å². The maximum atomic E-state index is 12.6. The molecule has 0 amide bonds. The first-order valence-corrected chi connectivity index (χ1v) is 9.67. The third kappa shape index (κ3) is 4.55. The van der Waals surface area contributed by atoms with E-state index in [-0.39, 0.29) is 17.4 Å². The Balaban J connectivity index is 2.74. The second kappa shape index (κ2) is 6.10.